The third-order valence-corrected chi connectivity index (χ3v) is 3.95. The number of aromatic nitrogens is 2. The first-order valence-corrected chi connectivity index (χ1v) is 7.25. The van der Waals surface area contributed by atoms with Gasteiger partial charge in [-0.3, -0.25) is 10.1 Å². The fourth-order valence-electron chi connectivity index (χ4n) is 1.72. The molecule has 2 rings (SSSR count). The largest absolute Gasteiger partial charge is 0.459 e. The number of nitrogens with two attached hydrogens (primary N) is 1. The van der Waals surface area contributed by atoms with Gasteiger partial charge in [0.15, 0.2) is 5.01 Å². The quantitative estimate of drug-likeness (QED) is 0.351. The highest BCUT2D eigenvalue weighted by Gasteiger charge is 2.43. The Kier molecular flexibility index (Phi) is 4.77. The highest BCUT2D eigenvalue weighted by Crippen LogP contribution is 2.23. The second-order valence-corrected chi connectivity index (χ2v) is 5.51. The van der Waals surface area contributed by atoms with Gasteiger partial charge >= 0.3 is 5.97 Å². The summed E-state index contributed by atoms with van der Waals surface area (Å²) >= 11 is 1.05. The molecule has 0 saturated carbocycles. The van der Waals surface area contributed by atoms with Gasteiger partial charge in [0.2, 0.25) is 5.54 Å². The van der Waals surface area contributed by atoms with Gasteiger partial charge in [0.25, 0.3) is 5.69 Å². The van der Waals surface area contributed by atoms with Gasteiger partial charge in [-0.05, 0) is 24.6 Å². The van der Waals surface area contributed by atoms with E-state index in [0.29, 0.717) is 5.56 Å². The van der Waals surface area contributed by atoms with Crippen molar-refractivity contribution in [3.05, 3.63) is 50.5 Å². The molecule has 0 aliphatic rings. The first kappa shape index (κ1) is 16.6. The Balaban J connectivity index is 2.11. The van der Waals surface area contributed by atoms with Crippen LogP contribution >= 0.6 is 11.3 Å². The van der Waals surface area contributed by atoms with Crippen LogP contribution in [0.5, 0.6) is 0 Å². The van der Waals surface area contributed by atoms with E-state index in [-0.39, 0.29) is 23.0 Å². The molecule has 1 unspecified atom stereocenters. The van der Waals surface area contributed by atoms with Gasteiger partial charge in [-0.2, -0.15) is 0 Å². The molecule has 10 heteroatoms. The van der Waals surface area contributed by atoms with Crippen molar-refractivity contribution in [1.29, 1.82) is 5.41 Å². The van der Waals surface area contributed by atoms with Crippen LogP contribution in [0.15, 0.2) is 29.8 Å². The predicted octanol–water partition coefficient (Wildman–Crippen LogP) is 1.38. The van der Waals surface area contributed by atoms with Crippen LogP contribution in [0, 0.1) is 15.5 Å². The fraction of sp³-hybridized carbons (Fsp3) is 0.231. The molecule has 120 valence electrons. The first-order chi connectivity index (χ1) is 10.9. The summed E-state index contributed by atoms with van der Waals surface area (Å²) in [6.07, 6.45) is 0. The van der Waals surface area contributed by atoms with E-state index >= 15 is 0 Å². The number of nitrogens with zero attached hydrogens (tertiary/aromatic N) is 3. The third-order valence-electron chi connectivity index (χ3n) is 3.13. The summed E-state index contributed by atoms with van der Waals surface area (Å²) in [5.74, 6) is -0.833. The number of nitro benzene ring substituents is 1. The van der Waals surface area contributed by atoms with Crippen molar-refractivity contribution in [2.24, 2.45) is 5.73 Å². The molecule has 0 radical (unpaired) electrons. The number of benzene rings is 1. The molecule has 2 aromatic rings. The topological polar surface area (TPSA) is 145 Å². The summed E-state index contributed by atoms with van der Waals surface area (Å²) in [4.78, 5) is 22.4. The Morgan fingerprint density at radius 2 is 2.13 bits per heavy atom. The van der Waals surface area contributed by atoms with Crippen LogP contribution in [0.25, 0.3) is 0 Å². The SMILES string of the molecule is CC(=N)C(N)(C(=O)OCc1ccc([N+](=O)[O-])cc1)c1nncs1. The molecule has 0 fully saturated rings. The number of hydrogen-bond acceptors (Lipinski definition) is 9. The molecule has 0 saturated heterocycles. The minimum Gasteiger partial charge on any atom is -0.459 e. The number of esters is 1. The lowest BCUT2D eigenvalue weighted by molar-refractivity contribution is -0.384. The van der Waals surface area contributed by atoms with Crippen molar-refractivity contribution in [2.45, 2.75) is 19.1 Å². The second kappa shape index (κ2) is 6.58. The van der Waals surface area contributed by atoms with Crippen LogP contribution in [0.4, 0.5) is 5.69 Å². The molecule has 0 bridgehead atoms. The zero-order valence-corrected chi connectivity index (χ0v) is 12.9. The monoisotopic (exact) mass is 335 g/mol. The number of nitro groups is 1. The van der Waals surface area contributed by atoms with Crippen molar-refractivity contribution in [3.8, 4) is 0 Å². The maximum absolute atomic E-state index is 12.3. The molecule has 1 atom stereocenters. The van der Waals surface area contributed by atoms with E-state index in [1.54, 1.807) is 0 Å². The van der Waals surface area contributed by atoms with Gasteiger partial charge < -0.3 is 15.9 Å². The molecule has 1 aromatic heterocycles. The van der Waals surface area contributed by atoms with Crippen molar-refractivity contribution in [3.63, 3.8) is 0 Å². The van der Waals surface area contributed by atoms with Crippen molar-refractivity contribution in [2.75, 3.05) is 0 Å². The molecular weight excluding hydrogens is 322 g/mol. The van der Waals surface area contributed by atoms with E-state index in [9.17, 15) is 14.9 Å². The lowest BCUT2D eigenvalue weighted by Gasteiger charge is -2.23. The summed E-state index contributed by atoms with van der Waals surface area (Å²) in [6.45, 7) is 1.26. The van der Waals surface area contributed by atoms with Gasteiger partial charge in [-0.25, -0.2) is 4.79 Å². The molecule has 0 spiro atoms. The molecule has 3 N–H and O–H groups in total. The fourth-order valence-corrected chi connectivity index (χ4v) is 2.43. The Morgan fingerprint density at radius 3 is 2.61 bits per heavy atom. The van der Waals surface area contributed by atoms with Crippen molar-refractivity contribution < 1.29 is 14.5 Å². The second-order valence-electron chi connectivity index (χ2n) is 4.68. The average molecular weight is 335 g/mol. The van der Waals surface area contributed by atoms with E-state index in [4.69, 9.17) is 15.9 Å². The van der Waals surface area contributed by atoms with Gasteiger partial charge in [-0.15, -0.1) is 21.5 Å². The van der Waals surface area contributed by atoms with E-state index in [1.165, 1.54) is 36.7 Å². The first-order valence-electron chi connectivity index (χ1n) is 6.37. The third kappa shape index (κ3) is 3.38. The number of nitrogens with one attached hydrogen (secondary N) is 1. The number of rotatable bonds is 6. The minimum absolute atomic E-state index is 0.0579. The average Bonchev–Trinajstić information content (AvgIpc) is 3.06. The van der Waals surface area contributed by atoms with Crippen LogP contribution in [0.3, 0.4) is 0 Å². The molecule has 0 aliphatic carbocycles. The normalized spacial score (nSPS) is 13.1. The van der Waals surface area contributed by atoms with E-state index in [2.05, 4.69) is 10.2 Å². The van der Waals surface area contributed by atoms with E-state index < -0.39 is 16.4 Å². The molecule has 23 heavy (non-hydrogen) atoms. The van der Waals surface area contributed by atoms with Gasteiger partial charge in [0.1, 0.15) is 12.1 Å². The van der Waals surface area contributed by atoms with E-state index in [0.717, 1.165) is 11.3 Å². The number of ether oxygens (including phenoxy) is 1. The summed E-state index contributed by atoms with van der Waals surface area (Å²) < 4.78 is 5.14. The maximum Gasteiger partial charge on any atom is 0.339 e. The molecule has 1 aromatic carbocycles. The van der Waals surface area contributed by atoms with Crippen molar-refractivity contribution in [1.82, 2.24) is 10.2 Å². The standard InChI is InChI=1S/C13H13N5O4S/c1-8(14)13(15,11-17-16-7-23-11)12(19)22-6-9-2-4-10(5-3-9)18(20)21/h2-5,7,14H,6,15H2,1H3. The van der Waals surface area contributed by atoms with Crippen LogP contribution < -0.4 is 5.73 Å². The molecule has 9 nitrogen and oxygen atoms in total. The minimum atomic E-state index is -1.79. The van der Waals surface area contributed by atoms with Crippen LogP contribution in [0.1, 0.15) is 17.5 Å². The summed E-state index contributed by atoms with van der Waals surface area (Å²) in [5.41, 5.74) is 6.00. The van der Waals surface area contributed by atoms with Crippen molar-refractivity contribution >= 4 is 28.7 Å². The Bertz CT molecular complexity index is 731. The highest BCUT2D eigenvalue weighted by molar-refractivity contribution is 7.09. The number of carbonyl (C=O) groups is 1. The zero-order valence-electron chi connectivity index (χ0n) is 12.1. The molecule has 1 heterocycles. The van der Waals surface area contributed by atoms with Crippen LogP contribution in [-0.4, -0.2) is 26.8 Å². The summed E-state index contributed by atoms with van der Waals surface area (Å²) in [7, 11) is 0. The van der Waals surface area contributed by atoms with E-state index in [1.807, 2.05) is 0 Å². The number of non-ortho nitro benzene ring substituents is 1. The summed E-state index contributed by atoms with van der Waals surface area (Å²) in [6, 6.07) is 5.58. The number of carbonyl (C=O) groups excluding carboxylic acids is 1. The lowest BCUT2D eigenvalue weighted by Crippen LogP contribution is -2.51. The highest BCUT2D eigenvalue weighted by atomic mass is 32.1. The maximum atomic E-state index is 12.3. The Labute approximate surface area is 134 Å². The van der Waals surface area contributed by atoms with Crippen LogP contribution in [0.2, 0.25) is 0 Å². The van der Waals surface area contributed by atoms with Crippen LogP contribution in [-0.2, 0) is 21.7 Å². The number of hydrogen-bond donors (Lipinski definition) is 2. The molecule has 0 aliphatic heterocycles. The predicted molar refractivity (Wildman–Crippen MR) is 82.1 cm³/mol. The zero-order chi connectivity index (χ0) is 17.0. The Morgan fingerprint density at radius 1 is 1.48 bits per heavy atom. The van der Waals surface area contributed by atoms with Gasteiger partial charge in [0, 0.05) is 17.8 Å². The lowest BCUT2D eigenvalue weighted by atomic mass is 9.96. The summed E-state index contributed by atoms with van der Waals surface area (Å²) in [5, 5.41) is 25.9. The smallest absolute Gasteiger partial charge is 0.339 e. The molecular formula is C13H13N5O4S. The van der Waals surface area contributed by atoms with Gasteiger partial charge in [-0.1, -0.05) is 0 Å². The Hall–Kier alpha value is -2.72. The molecule has 0 amide bonds. The van der Waals surface area contributed by atoms with Gasteiger partial charge in [0.05, 0.1) is 4.92 Å².